The summed E-state index contributed by atoms with van der Waals surface area (Å²) in [5.74, 6) is 3.12. The number of fused-ring (bicyclic) bond motifs is 6. The van der Waals surface area contributed by atoms with Crippen molar-refractivity contribution in [3.63, 3.8) is 0 Å². The molecule has 2 aromatic heterocycles. The third kappa shape index (κ3) is 4.13. The lowest BCUT2D eigenvalue weighted by Crippen LogP contribution is -2.55. The minimum absolute atomic E-state index is 0. The molecule has 1 fully saturated rings. The van der Waals surface area contributed by atoms with Crippen LogP contribution in [0.3, 0.4) is 0 Å². The predicted octanol–water partition coefficient (Wildman–Crippen LogP) is 4.95. The largest absolute Gasteiger partial charge is 0.488 e. The molecule has 194 valence electrons. The maximum atomic E-state index is 6.30. The summed E-state index contributed by atoms with van der Waals surface area (Å²) in [6.45, 7) is 5.53. The smallest absolute Gasteiger partial charge is 0.155 e. The van der Waals surface area contributed by atoms with Gasteiger partial charge in [-0.25, -0.2) is 15.0 Å². The van der Waals surface area contributed by atoms with Crippen LogP contribution in [-0.2, 0) is 7.05 Å². The molecular weight excluding hydrogens is 502 g/mol. The molecular formula is C28H28ClN7O2. The van der Waals surface area contributed by atoms with Crippen molar-refractivity contribution in [3.8, 4) is 17.2 Å². The van der Waals surface area contributed by atoms with Gasteiger partial charge in [-0.2, -0.15) is 0 Å². The van der Waals surface area contributed by atoms with Gasteiger partial charge in [0.15, 0.2) is 5.75 Å². The van der Waals surface area contributed by atoms with Gasteiger partial charge in [0.1, 0.15) is 30.3 Å². The van der Waals surface area contributed by atoms with Crippen molar-refractivity contribution in [2.45, 2.75) is 13.0 Å². The summed E-state index contributed by atoms with van der Waals surface area (Å²) in [6.07, 6.45) is 3.40. The molecule has 2 aliphatic heterocycles. The van der Waals surface area contributed by atoms with E-state index in [9.17, 15) is 0 Å². The van der Waals surface area contributed by atoms with Gasteiger partial charge in [-0.15, -0.1) is 12.4 Å². The fourth-order valence-electron chi connectivity index (χ4n) is 5.27. The Balaban J connectivity index is 0.00000264. The van der Waals surface area contributed by atoms with Crippen molar-refractivity contribution in [1.29, 1.82) is 0 Å². The Morgan fingerprint density at radius 2 is 1.97 bits per heavy atom. The van der Waals surface area contributed by atoms with E-state index in [2.05, 4.69) is 48.7 Å². The minimum Gasteiger partial charge on any atom is -0.488 e. The number of piperazine rings is 1. The highest BCUT2D eigenvalue weighted by atomic mass is 35.5. The summed E-state index contributed by atoms with van der Waals surface area (Å²) in [4.78, 5) is 16.0. The third-order valence-corrected chi connectivity index (χ3v) is 7.18. The number of anilines is 3. The first-order chi connectivity index (χ1) is 18.1. The molecule has 9 nitrogen and oxygen atoms in total. The molecule has 1 saturated heterocycles. The molecule has 0 radical (unpaired) electrons. The standard InChI is InChI=1S/C28H27N7O2.ClH/c1-17-11-18(3-8-25(17)37-20-4-6-23-22(12-20)32-16-34(23)2)33-28-26-21(30-15-31-28)5-7-24-27(26)36-14-19-13-29-9-10-35(19)24;/h3-8,11-12,15-16,19,29H,9-10,13-14H2,1-2H3,(H,30,31,33);1H. The molecule has 2 N–H and O–H groups in total. The number of nitrogens with one attached hydrogen (secondary N) is 2. The van der Waals surface area contributed by atoms with E-state index in [1.807, 2.05) is 48.9 Å². The Hall–Kier alpha value is -4.08. The van der Waals surface area contributed by atoms with Gasteiger partial charge in [-0.1, -0.05) is 0 Å². The van der Waals surface area contributed by atoms with E-state index >= 15 is 0 Å². The molecule has 7 rings (SSSR count). The van der Waals surface area contributed by atoms with Gasteiger partial charge in [0.05, 0.1) is 40.0 Å². The summed E-state index contributed by atoms with van der Waals surface area (Å²) >= 11 is 0. The number of rotatable bonds is 4. The average Bonchev–Trinajstić information content (AvgIpc) is 3.29. The van der Waals surface area contributed by atoms with Crippen LogP contribution < -0.4 is 25.0 Å². The van der Waals surface area contributed by atoms with Crippen molar-refractivity contribution >= 4 is 51.5 Å². The van der Waals surface area contributed by atoms with Crippen LogP contribution in [0.5, 0.6) is 17.2 Å². The van der Waals surface area contributed by atoms with E-state index in [0.29, 0.717) is 12.6 Å². The second-order valence-corrected chi connectivity index (χ2v) is 9.61. The fourth-order valence-corrected chi connectivity index (χ4v) is 5.27. The molecule has 0 bridgehead atoms. The van der Waals surface area contributed by atoms with Gasteiger partial charge in [0.2, 0.25) is 0 Å². The maximum Gasteiger partial charge on any atom is 0.155 e. The van der Waals surface area contributed by atoms with Crippen molar-refractivity contribution in [3.05, 3.63) is 66.7 Å². The molecule has 0 saturated carbocycles. The third-order valence-electron chi connectivity index (χ3n) is 7.18. The summed E-state index contributed by atoms with van der Waals surface area (Å²) in [7, 11) is 1.98. The van der Waals surface area contributed by atoms with E-state index in [1.54, 1.807) is 12.7 Å². The van der Waals surface area contributed by atoms with Gasteiger partial charge in [-0.05, 0) is 55.0 Å². The van der Waals surface area contributed by atoms with E-state index in [1.165, 1.54) is 0 Å². The molecule has 4 heterocycles. The first-order valence-electron chi connectivity index (χ1n) is 12.5. The van der Waals surface area contributed by atoms with Gasteiger partial charge < -0.3 is 29.6 Å². The molecule has 1 unspecified atom stereocenters. The van der Waals surface area contributed by atoms with E-state index < -0.39 is 0 Å². The first kappa shape index (κ1) is 24.3. The van der Waals surface area contributed by atoms with Crippen LogP contribution in [0.25, 0.3) is 21.9 Å². The quantitative estimate of drug-likeness (QED) is 0.338. The van der Waals surface area contributed by atoms with Crippen LogP contribution >= 0.6 is 12.4 Å². The number of aromatic nitrogens is 4. The molecule has 38 heavy (non-hydrogen) atoms. The van der Waals surface area contributed by atoms with Gasteiger partial charge in [-0.3, -0.25) is 0 Å². The number of hydrogen-bond acceptors (Lipinski definition) is 8. The van der Waals surface area contributed by atoms with Crippen LogP contribution in [0, 0.1) is 6.92 Å². The summed E-state index contributed by atoms with van der Waals surface area (Å²) in [5, 5.41) is 7.86. The Labute approximate surface area is 226 Å². The minimum atomic E-state index is 0. The molecule has 0 spiro atoms. The Morgan fingerprint density at radius 1 is 1.05 bits per heavy atom. The molecule has 0 aliphatic carbocycles. The normalized spacial score (nSPS) is 16.4. The predicted molar refractivity (Wildman–Crippen MR) is 152 cm³/mol. The summed E-state index contributed by atoms with van der Waals surface area (Å²) in [6, 6.07) is 16.5. The summed E-state index contributed by atoms with van der Waals surface area (Å²) in [5.41, 5.74) is 5.85. The zero-order valence-corrected chi connectivity index (χ0v) is 22.0. The number of hydrogen-bond donors (Lipinski definition) is 2. The second kappa shape index (κ2) is 9.66. The zero-order valence-electron chi connectivity index (χ0n) is 21.1. The first-order valence-corrected chi connectivity index (χ1v) is 12.5. The van der Waals surface area contributed by atoms with Crippen LogP contribution in [0.1, 0.15) is 5.56 Å². The van der Waals surface area contributed by atoms with E-state index in [0.717, 1.165) is 81.6 Å². The number of aryl methyl sites for hydroxylation is 2. The molecule has 10 heteroatoms. The topological polar surface area (TPSA) is 89.4 Å². The van der Waals surface area contributed by atoms with Crippen LogP contribution in [0.4, 0.5) is 17.2 Å². The lowest BCUT2D eigenvalue weighted by molar-refractivity contribution is 0.250. The van der Waals surface area contributed by atoms with Gasteiger partial charge in [0.25, 0.3) is 0 Å². The average molecular weight is 530 g/mol. The molecule has 0 amide bonds. The Kier molecular flexibility index (Phi) is 6.17. The lowest BCUT2D eigenvalue weighted by Gasteiger charge is -2.42. The van der Waals surface area contributed by atoms with Gasteiger partial charge >= 0.3 is 0 Å². The molecule has 2 aliphatic rings. The SMILES string of the molecule is Cc1cc(Nc2ncnc3ccc4c(c23)OCC2CNCCN42)ccc1Oc1ccc2c(c1)ncn2C.Cl. The van der Waals surface area contributed by atoms with Crippen molar-refractivity contribution < 1.29 is 9.47 Å². The maximum absolute atomic E-state index is 6.30. The Morgan fingerprint density at radius 3 is 2.87 bits per heavy atom. The highest BCUT2D eigenvalue weighted by molar-refractivity contribution is 6.00. The highest BCUT2D eigenvalue weighted by Gasteiger charge is 2.31. The van der Waals surface area contributed by atoms with Crippen LogP contribution in [0.2, 0.25) is 0 Å². The van der Waals surface area contributed by atoms with E-state index in [-0.39, 0.29) is 12.4 Å². The number of halogens is 1. The van der Waals surface area contributed by atoms with Crippen molar-refractivity contribution in [1.82, 2.24) is 24.8 Å². The monoisotopic (exact) mass is 529 g/mol. The lowest BCUT2D eigenvalue weighted by atomic mass is 10.1. The number of benzene rings is 3. The molecule has 3 aromatic carbocycles. The molecule has 1 atom stereocenters. The van der Waals surface area contributed by atoms with Gasteiger partial charge in [0, 0.05) is 38.4 Å². The number of nitrogens with zero attached hydrogens (tertiary/aromatic N) is 5. The number of imidazole rings is 1. The van der Waals surface area contributed by atoms with Crippen LogP contribution in [-0.4, -0.2) is 51.8 Å². The van der Waals surface area contributed by atoms with Crippen LogP contribution in [0.15, 0.2) is 61.2 Å². The fraction of sp³-hybridized carbons (Fsp3) is 0.250. The Bertz CT molecular complexity index is 1650. The molecule has 5 aromatic rings. The summed E-state index contributed by atoms with van der Waals surface area (Å²) < 4.78 is 14.5. The van der Waals surface area contributed by atoms with Crippen molar-refractivity contribution in [2.75, 3.05) is 36.5 Å². The second-order valence-electron chi connectivity index (χ2n) is 9.61. The van der Waals surface area contributed by atoms with E-state index in [4.69, 9.17) is 9.47 Å². The van der Waals surface area contributed by atoms with Crippen molar-refractivity contribution in [2.24, 2.45) is 7.05 Å². The zero-order chi connectivity index (χ0) is 24.9. The number of ether oxygens (including phenoxy) is 2. The highest BCUT2D eigenvalue weighted by Crippen LogP contribution is 2.43.